The highest BCUT2D eigenvalue weighted by Crippen LogP contribution is 2.17. The monoisotopic (exact) mass is 344 g/mol. The van der Waals surface area contributed by atoms with Crippen LogP contribution in [0.2, 0.25) is 0 Å². The molecule has 0 aromatic heterocycles. The van der Waals surface area contributed by atoms with Gasteiger partial charge in [0.1, 0.15) is 5.75 Å². The maximum Gasteiger partial charge on any atom is 0.306 e. The molecule has 128 valence electrons. The van der Waals surface area contributed by atoms with Crippen LogP contribution in [0.4, 0.5) is 0 Å². The fraction of sp³-hybridized carbons (Fsp3) is 0.350. The van der Waals surface area contributed by atoms with Crippen molar-refractivity contribution in [3.8, 4) is 5.75 Å². The second kappa shape index (κ2) is 10.0. The van der Waals surface area contributed by atoms with Crippen LogP contribution in [0.5, 0.6) is 5.75 Å². The largest absolute Gasteiger partial charge is 0.493 e. The normalized spacial score (nSPS) is 10.4. The van der Waals surface area contributed by atoms with Crippen LogP contribution in [0.25, 0.3) is 0 Å². The molecule has 0 aliphatic rings. The third-order valence-electron chi connectivity index (χ3n) is 3.64. The van der Waals surface area contributed by atoms with Gasteiger partial charge in [-0.05, 0) is 55.0 Å². The Morgan fingerprint density at radius 2 is 1.83 bits per heavy atom. The maximum atomic E-state index is 11.4. The van der Waals surface area contributed by atoms with Gasteiger partial charge in [0.25, 0.3) is 0 Å². The van der Waals surface area contributed by atoms with E-state index in [1.54, 1.807) is 11.8 Å². The molecule has 0 bridgehead atoms. The lowest BCUT2D eigenvalue weighted by atomic mass is 10.1. The predicted octanol–water partition coefficient (Wildman–Crippen LogP) is 4.53. The quantitative estimate of drug-likeness (QED) is 0.495. The van der Waals surface area contributed by atoms with E-state index in [9.17, 15) is 4.79 Å². The summed E-state index contributed by atoms with van der Waals surface area (Å²) < 4.78 is 10.7. The van der Waals surface area contributed by atoms with E-state index in [1.165, 1.54) is 10.5 Å². The van der Waals surface area contributed by atoms with Crippen molar-refractivity contribution in [2.75, 3.05) is 19.5 Å². The fourth-order valence-corrected chi connectivity index (χ4v) is 2.83. The van der Waals surface area contributed by atoms with Gasteiger partial charge in [0.15, 0.2) is 0 Å². The first-order chi connectivity index (χ1) is 11.7. The molecule has 4 heteroatoms. The number of hydrogen-bond acceptors (Lipinski definition) is 4. The van der Waals surface area contributed by atoms with Crippen molar-refractivity contribution in [3.05, 3.63) is 59.7 Å². The van der Waals surface area contributed by atoms with Crippen molar-refractivity contribution < 1.29 is 14.3 Å². The van der Waals surface area contributed by atoms with Gasteiger partial charge in [-0.3, -0.25) is 4.79 Å². The highest BCUT2D eigenvalue weighted by Gasteiger charge is 2.03. The summed E-state index contributed by atoms with van der Waals surface area (Å²) in [4.78, 5) is 12.6. The smallest absolute Gasteiger partial charge is 0.306 e. The Balaban J connectivity index is 1.76. The van der Waals surface area contributed by atoms with Crippen LogP contribution in [0.15, 0.2) is 53.4 Å². The van der Waals surface area contributed by atoms with E-state index in [1.807, 2.05) is 31.2 Å². The van der Waals surface area contributed by atoms with E-state index in [0.29, 0.717) is 26.1 Å². The first-order valence-corrected chi connectivity index (χ1v) is 9.44. The number of esters is 1. The highest BCUT2D eigenvalue weighted by molar-refractivity contribution is 7.98. The zero-order valence-corrected chi connectivity index (χ0v) is 15.1. The van der Waals surface area contributed by atoms with E-state index < -0.39 is 0 Å². The molecular weight excluding hydrogens is 320 g/mol. The molecular formula is C20H24O3S. The van der Waals surface area contributed by atoms with Crippen LogP contribution in [-0.4, -0.2) is 25.4 Å². The van der Waals surface area contributed by atoms with Crippen LogP contribution in [0.1, 0.15) is 24.5 Å². The van der Waals surface area contributed by atoms with Gasteiger partial charge in [-0.2, -0.15) is 0 Å². The summed E-state index contributed by atoms with van der Waals surface area (Å²) in [5, 5.41) is 0. The summed E-state index contributed by atoms with van der Waals surface area (Å²) in [6.07, 6.45) is 4.08. The molecule has 3 nitrogen and oxygen atoms in total. The molecule has 2 rings (SSSR count). The van der Waals surface area contributed by atoms with Crippen molar-refractivity contribution in [2.45, 2.75) is 31.1 Å². The van der Waals surface area contributed by atoms with Crippen molar-refractivity contribution in [2.24, 2.45) is 0 Å². The molecule has 0 saturated carbocycles. The molecule has 0 aliphatic heterocycles. The Morgan fingerprint density at radius 1 is 1.04 bits per heavy atom. The standard InChI is InChI=1S/C20H24O3S/c1-3-22-20(21)12-9-16-7-10-18(11-8-16)23-14-13-17-5-4-6-19(15-17)24-2/h4-8,10-11,15H,3,9,12-14H2,1-2H3. The zero-order valence-electron chi connectivity index (χ0n) is 14.3. The minimum Gasteiger partial charge on any atom is -0.493 e. The summed E-state index contributed by atoms with van der Waals surface area (Å²) in [5.74, 6) is 0.709. The summed E-state index contributed by atoms with van der Waals surface area (Å²) in [5.41, 5.74) is 2.40. The van der Waals surface area contributed by atoms with Gasteiger partial charge in [0.05, 0.1) is 13.2 Å². The van der Waals surface area contributed by atoms with Gasteiger partial charge in [-0.15, -0.1) is 11.8 Å². The molecule has 0 unspecified atom stereocenters. The molecule has 0 fully saturated rings. The summed E-state index contributed by atoms with van der Waals surface area (Å²) in [6.45, 7) is 2.91. The Hall–Kier alpha value is -1.94. The molecule has 0 amide bonds. The van der Waals surface area contributed by atoms with E-state index in [2.05, 4.69) is 30.5 Å². The van der Waals surface area contributed by atoms with Crippen LogP contribution < -0.4 is 4.74 Å². The summed E-state index contributed by atoms with van der Waals surface area (Å²) >= 11 is 1.75. The van der Waals surface area contributed by atoms with Gasteiger partial charge in [0.2, 0.25) is 0 Å². The molecule has 0 spiro atoms. The van der Waals surface area contributed by atoms with Crippen LogP contribution in [-0.2, 0) is 22.4 Å². The lowest BCUT2D eigenvalue weighted by Gasteiger charge is -2.08. The predicted molar refractivity (Wildman–Crippen MR) is 98.8 cm³/mol. The Bertz CT molecular complexity index is 638. The van der Waals surface area contributed by atoms with E-state index in [0.717, 1.165) is 17.7 Å². The number of carbonyl (C=O) groups excluding carboxylic acids is 1. The van der Waals surface area contributed by atoms with Crippen LogP contribution in [0, 0.1) is 0 Å². The SMILES string of the molecule is CCOC(=O)CCc1ccc(OCCc2cccc(SC)c2)cc1. The van der Waals surface area contributed by atoms with Crippen molar-refractivity contribution in [3.63, 3.8) is 0 Å². The second-order valence-corrected chi connectivity index (χ2v) is 6.28. The van der Waals surface area contributed by atoms with Crippen LogP contribution >= 0.6 is 11.8 Å². The van der Waals surface area contributed by atoms with Gasteiger partial charge in [-0.1, -0.05) is 24.3 Å². The number of thioether (sulfide) groups is 1. The molecule has 24 heavy (non-hydrogen) atoms. The summed E-state index contributed by atoms with van der Waals surface area (Å²) in [6, 6.07) is 16.4. The Labute approximate surface area is 148 Å². The van der Waals surface area contributed by atoms with Gasteiger partial charge in [-0.25, -0.2) is 0 Å². The molecule has 0 atom stereocenters. The molecule has 0 N–H and O–H groups in total. The van der Waals surface area contributed by atoms with Gasteiger partial charge in [0, 0.05) is 17.7 Å². The van der Waals surface area contributed by atoms with Crippen molar-refractivity contribution >= 4 is 17.7 Å². The number of ether oxygens (including phenoxy) is 2. The number of rotatable bonds is 9. The second-order valence-electron chi connectivity index (χ2n) is 5.40. The lowest BCUT2D eigenvalue weighted by molar-refractivity contribution is -0.143. The van der Waals surface area contributed by atoms with E-state index >= 15 is 0 Å². The first-order valence-electron chi connectivity index (χ1n) is 8.21. The third kappa shape index (κ3) is 6.28. The van der Waals surface area contributed by atoms with Gasteiger partial charge >= 0.3 is 5.97 Å². The average molecular weight is 344 g/mol. The molecule has 0 saturated heterocycles. The number of benzene rings is 2. The minimum atomic E-state index is -0.148. The van der Waals surface area contributed by atoms with Crippen LogP contribution in [0.3, 0.4) is 0 Å². The first kappa shape index (κ1) is 18.4. The molecule has 0 heterocycles. The highest BCUT2D eigenvalue weighted by atomic mass is 32.2. The third-order valence-corrected chi connectivity index (χ3v) is 4.37. The molecule has 0 radical (unpaired) electrons. The number of aryl methyl sites for hydroxylation is 1. The fourth-order valence-electron chi connectivity index (χ4n) is 2.35. The molecule has 2 aromatic rings. The molecule has 0 aliphatic carbocycles. The van der Waals surface area contributed by atoms with Crippen molar-refractivity contribution in [1.82, 2.24) is 0 Å². The number of carbonyl (C=O) groups is 1. The molecule has 2 aromatic carbocycles. The Kier molecular flexibility index (Phi) is 7.69. The van der Waals surface area contributed by atoms with Gasteiger partial charge < -0.3 is 9.47 Å². The zero-order chi connectivity index (χ0) is 17.2. The maximum absolute atomic E-state index is 11.4. The topological polar surface area (TPSA) is 35.5 Å². The number of hydrogen-bond donors (Lipinski definition) is 0. The van der Waals surface area contributed by atoms with E-state index in [-0.39, 0.29) is 5.97 Å². The lowest BCUT2D eigenvalue weighted by Crippen LogP contribution is -2.05. The minimum absolute atomic E-state index is 0.148. The Morgan fingerprint density at radius 3 is 2.54 bits per heavy atom. The average Bonchev–Trinajstić information content (AvgIpc) is 2.61. The summed E-state index contributed by atoms with van der Waals surface area (Å²) in [7, 11) is 0. The van der Waals surface area contributed by atoms with E-state index in [4.69, 9.17) is 9.47 Å². The van der Waals surface area contributed by atoms with Crippen molar-refractivity contribution in [1.29, 1.82) is 0 Å².